The molecule has 0 aliphatic carbocycles. The Morgan fingerprint density at radius 2 is 1.71 bits per heavy atom. The Kier molecular flexibility index (Phi) is 5.26. The summed E-state index contributed by atoms with van der Waals surface area (Å²) in [5.41, 5.74) is 0.244. The van der Waals surface area contributed by atoms with Gasteiger partial charge in [0.1, 0.15) is 13.2 Å². The Labute approximate surface area is 141 Å². The molecule has 0 spiro atoms. The van der Waals surface area contributed by atoms with Gasteiger partial charge in [0, 0.05) is 13.8 Å². The normalized spacial score (nSPS) is 20.1. The zero-order valence-electron chi connectivity index (χ0n) is 14.4. The van der Waals surface area contributed by atoms with Crippen molar-refractivity contribution in [3.8, 4) is 0 Å². The summed E-state index contributed by atoms with van der Waals surface area (Å²) in [6.07, 6.45) is 0. The molecular weight excluding hydrogens is 310 g/mol. The number of amides is 1. The van der Waals surface area contributed by atoms with Gasteiger partial charge in [-0.2, -0.15) is 0 Å². The zero-order chi connectivity index (χ0) is 17.9. The topological polar surface area (TPSA) is 72.9 Å². The predicted molar refractivity (Wildman–Crippen MR) is 86.9 cm³/mol. The van der Waals surface area contributed by atoms with Gasteiger partial charge in [-0.3, -0.25) is 14.4 Å². The molecule has 0 N–H and O–H groups in total. The molecule has 24 heavy (non-hydrogen) atoms. The van der Waals surface area contributed by atoms with Crippen LogP contribution in [0.5, 0.6) is 0 Å². The van der Waals surface area contributed by atoms with E-state index < -0.39 is 17.4 Å². The van der Waals surface area contributed by atoms with Gasteiger partial charge >= 0.3 is 11.9 Å². The minimum atomic E-state index is -0.626. The molecule has 0 unspecified atom stereocenters. The zero-order valence-corrected chi connectivity index (χ0v) is 14.4. The summed E-state index contributed by atoms with van der Waals surface area (Å²) in [7, 11) is 0. The summed E-state index contributed by atoms with van der Waals surface area (Å²) < 4.78 is 10.3. The summed E-state index contributed by atoms with van der Waals surface area (Å²) in [6, 6.07) is 8.71. The van der Waals surface area contributed by atoms with Gasteiger partial charge in [-0.05, 0) is 19.4 Å². The third-order valence-corrected chi connectivity index (χ3v) is 4.36. The molecule has 1 heterocycles. The van der Waals surface area contributed by atoms with E-state index in [1.807, 2.05) is 44.2 Å². The molecule has 1 aliphatic heterocycles. The number of carbonyl (C=O) groups is 3. The molecule has 1 saturated heterocycles. The van der Waals surface area contributed by atoms with E-state index in [0.717, 1.165) is 5.56 Å². The van der Waals surface area contributed by atoms with Crippen LogP contribution < -0.4 is 0 Å². The largest absolute Gasteiger partial charge is 0.464 e. The second-order valence-electron chi connectivity index (χ2n) is 6.48. The first-order valence-corrected chi connectivity index (χ1v) is 7.89. The van der Waals surface area contributed by atoms with Gasteiger partial charge in [-0.15, -0.1) is 0 Å². The van der Waals surface area contributed by atoms with Crippen molar-refractivity contribution in [3.63, 3.8) is 0 Å². The van der Waals surface area contributed by atoms with Crippen molar-refractivity contribution in [2.75, 3.05) is 13.2 Å². The lowest BCUT2D eigenvalue weighted by atomic mass is 9.72. The van der Waals surface area contributed by atoms with Crippen LogP contribution in [0.25, 0.3) is 0 Å². The molecule has 2 atom stereocenters. The molecule has 2 rings (SSSR count). The van der Waals surface area contributed by atoms with Crippen molar-refractivity contribution in [3.05, 3.63) is 35.9 Å². The monoisotopic (exact) mass is 333 g/mol. The summed E-state index contributed by atoms with van der Waals surface area (Å²) in [6.45, 7) is 6.52. The Morgan fingerprint density at radius 3 is 2.25 bits per heavy atom. The maximum absolute atomic E-state index is 12.6. The third kappa shape index (κ3) is 3.58. The number of esters is 2. The van der Waals surface area contributed by atoms with Crippen LogP contribution in [-0.4, -0.2) is 42.0 Å². The number of benzene rings is 1. The highest BCUT2D eigenvalue weighted by atomic mass is 16.5. The molecule has 1 fully saturated rings. The molecule has 6 nitrogen and oxygen atoms in total. The third-order valence-electron chi connectivity index (χ3n) is 4.36. The van der Waals surface area contributed by atoms with Crippen molar-refractivity contribution in [1.82, 2.24) is 4.90 Å². The van der Waals surface area contributed by atoms with Crippen LogP contribution in [0.1, 0.15) is 39.3 Å². The molecule has 0 radical (unpaired) electrons. The van der Waals surface area contributed by atoms with Crippen molar-refractivity contribution in [1.29, 1.82) is 0 Å². The molecule has 1 aromatic carbocycles. The fourth-order valence-electron chi connectivity index (χ4n) is 2.95. The smallest absolute Gasteiger partial charge is 0.302 e. The van der Waals surface area contributed by atoms with Gasteiger partial charge in [0.2, 0.25) is 5.91 Å². The summed E-state index contributed by atoms with van der Waals surface area (Å²) in [4.78, 5) is 36.7. The van der Waals surface area contributed by atoms with Crippen molar-refractivity contribution < 1.29 is 23.9 Å². The van der Waals surface area contributed by atoms with Crippen molar-refractivity contribution in [2.24, 2.45) is 5.41 Å². The van der Waals surface area contributed by atoms with Crippen LogP contribution >= 0.6 is 0 Å². The van der Waals surface area contributed by atoms with Crippen molar-refractivity contribution in [2.45, 2.75) is 39.8 Å². The second kappa shape index (κ2) is 7.03. The average molecular weight is 333 g/mol. The van der Waals surface area contributed by atoms with Gasteiger partial charge in [-0.25, -0.2) is 0 Å². The highest BCUT2D eigenvalue weighted by molar-refractivity contribution is 5.90. The summed E-state index contributed by atoms with van der Waals surface area (Å²) in [5.74, 6) is -0.846. The fraction of sp³-hybridized carbons (Fsp3) is 0.500. The fourth-order valence-corrected chi connectivity index (χ4v) is 2.95. The molecule has 0 bridgehead atoms. The lowest BCUT2D eigenvalue weighted by molar-refractivity contribution is -0.186. The van der Waals surface area contributed by atoms with E-state index in [-0.39, 0.29) is 31.1 Å². The lowest BCUT2D eigenvalue weighted by Crippen LogP contribution is -2.69. The van der Waals surface area contributed by atoms with Crippen LogP contribution in [0.2, 0.25) is 0 Å². The van der Waals surface area contributed by atoms with Crippen LogP contribution in [-0.2, 0) is 23.9 Å². The molecular formula is C18H23NO5. The van der Waals surface area contributed by atoms with E-state index in [9.17, 15) is 14.4 Å². The highest BCUT2D eigenvalue weighted by Gasteiger charge is 2.57. The van der Waals surface area contributed by atoms with E-state index in [0.29, 0.717) is 0 Å². The first-order chi connectivity index (χ1) is 11.2. The number of carbonyl (C=O) groups excluding carboxylic acids is 3. The number of hydrogen-bond acceptors (Lipinski definition) is 5. The maximum atomic E-state index is 12.6. The number of β-lactam (4-membered cyclic amide) rings is 1. The molecule has 0 saturated carbocycles. The van der Waals surface area contributed by atoms with Crippen LogP contribution in [0, 0.1) is 5.41 Å². The average Bonchev–Trinajstić information content (AvgIpc) is 2.53. The first kappa shape index (κ1) is 18.0. The molecule has 1 aliphatic rings. The highest BCUT2D eigenvalue weighted by Crippen LogP contribution is 2.44. The van der Waals surface area contributed by atoms with Crippen LogP contribution in [0.3, 0.4) is 0 Å². The van der Waals surface area contributed by atoms with Crippen molar-refractivity contribution >= 4 is 17.8 Å². The number of likely N-dealkylation sites (tertiary alicyclic amines) is 1. The number of hydrogen-bond donors (Lipinski definition) is 0. The van der Waals surface area contributed by atoms with E-state index in [1.165, 1.54) is 13.8 Å². The van der Waals surface area contributed by atoms with E-state index in [1.54, 1.807) is 4.90 Å². The molecule has 6 heteroatoms. The Morgan fingerprint density at radius 1 is 1.12 bits per heavy atom. The molecule has 0 aromatic heterocycles. The standard InChI is InChI=1S/C18H23NO5/c1-12(20)23-10-15(14-8-6-5-7-9-14)19-16(11-24-13(2)21)18(3,4)17(19)22/h5-9,15-16H,10-11H2,1-4H3/t15-,16-/m1/s1. The lowest BCUT2D eigenvalue weighted by Gasteiger charge is -2.55. The molecule has 130 valence electrons. The van der Waals surface area contributed by atoms with Gasteiger partial charge in [0.15, 0.2) is 0 Å². The maximum Gasteiger partial charge on any atom is 0.302 e. The van der Waals surface area contributed by atoms with Gasteiger partial charge in [0.05, 0.1) is 17.5 Å². The Hall–Kier alpha value is -2.37. The minimum absolute atomic E-state index is 0.0549. The van der Waals surface area contributed by atoms with E-state index in [2.05, 4.69) is 0 Å². The first-order valence-electron chi connectivity index (χ1n) is 7.89. The van der Waals surface area contributed by atoms with Gasteiger partial charge in [0.25, 0.3) is 0 Å². The minimum Gasteiger partial charge on any atom is -0.464 e. The van der Waals surface area contributed by atoms with E-state index >= 15 is 0 Å². The Balaban J connectivity index is 2.27. The molecule has 1 aromatic rings. The van der Waals surface area contributed by atoms with Gasteiger partial charge < -0.3 is 14.4 Å². The summed E-state index contributed by atoms with van der Waals surface area (Å²) >= 11 is 0. The predicted octanol–water partition coefficient (Wildman–Crippen LogP) is 2.09. The van der Waals surface area contributed by atoms with Gasteiger partial charge in [-0.1, -0.05) is 30.3 Å². The van der Waals surface area contributed by atoms with Crippen LogP contribution in [0.4, 0.5) is 0 Å². The number of ether oxygens (including phenoxy) is 2. The van der Waals surface area contributed by atoms with E-state index in [4.69, 9.17) is 9.47 Å². The van der Waals surface area contributed by atoms with Crippen LogP contribution in [0.15, 0.2) is 30.3 Å². The number of nitrogens with zero attached hydrogens (tertiary/aromatic N) is 1. The summed E-state index contributed by atoms with van der Waals surface area (Å²) in [5, 5.41) is 0. The SMILES string of the molecule is CC(=O)OC[C@H](c1ccccc1)N1C(=O)C(C)(C)[C@H]1COC(C)=O. The molecule has 1 amide bonds. The number of rotatable bonds is 6. The second-order valence-corrected chi connectivity index (χ2v) is 6.48. The Bertz CT molecular complexity index is 626. The quantitative estimate of drug-likeness (QED) is 0.589.